The Balaban J connectivity index is 2.04. The Morgan fingerprint density at radius 3 is 1.52 bits per heavy atom. The van der Waals surface area contributed by atoms with Gasteiger partial charge in [0.1, 0.15) is 28.9 Å². The first-order valence-electron chi connectivity index (χ1n) is 10.5. The number of methoxy groups -OCH3 is 1. The molecule has 0 fully saturated rings. The molecular weight excluding hydrogens is 419 g/mol. The van der Waals surface area contributed by atoms with Gasteiger partial charge >= 0.3 is 0 Å². The van der Waals surface area contributed by atoms with Gasteiger partial charge in [0.15, 0.2) is 0 Å². The van der Waals surface area contributed by atoms with E-state index in [1.807, 2.05) is 0 Å². The van der Waals surface area contributed by atoms with Gasteiger partial charge in [0.05, 0.1) is 18.3 Å². The second-order valence-electron chi connectivity index (χ2n) is 7.79. The lowest BCUT2D eigenvalue weighted by Crippen LogP contribution is -2.32. The number of halogens is 1. The summed E-state index contributed by atoms with van der Waals surface area (Å²) in [5.41, 5.74) is 3.62. The zero-order chi connectivity index (χ0) is 21.8. The highest BCUT2D eigenvalue weighted by molar-refractivity contribution is 7.95. The number of rotatable bonds is 6. The molecule has 1 nitrogen and oxygen atoms in total. The lowest BCUT2D eigenvalue weighted by Gasteiger charge is -2.29. The quantitative estimate of drug-likeness (QED) is 0.309. The van der Waals surface area contributed by atoms with E-state index >= 15 is 0 Å². The van der Waals surface area contributed by atoms with Crippen LogP contribution in [-0.2, 0) is 6.16 Å². The fourth-order valence-electron chi connectivity index (χ4n) is 4.36. The van der Waals surface area contributed by atoms with Gasteiger partial charge < -0.3 is 4.74 Å². The van der Waals surface area contributed by atoms with Crippen molar-refractivity contribution >= 4 is 34.8 Å². The maximum absolute atomic E-state index is 6.72. The molecule has 31 heavy (non-hydrogen) atoms. The first kappa shape index (κ1) is 21.6. The van der Waals surface area contributed by atoms with E-state index in [4.69, 9.17) is 16.3 Å². The highest BCUT2D eigenvalue weighted by atomic mass is 35.5. The van der Waals surface area contributed by atoms with Crippen LogP contribution in [0, 0.1) is 13.8 Å². The molecule has 0 unspecified atom stereocenters. The van der Waals surface area contributed by atoms with E-state index in [1.165, 1.54) is 27.0 Å². The van der Waals surface area contributed by atoms with Gasteiger partial charge in [0.2, 0.25) is 0 Å². The smallest absolute Gasteiger partial charge is 0.138 e. The number of aryl methyl sites for hydroxylation is 1. The first-order valence-corrected chi connectivity index (χ1v) is 12.8. The molecule has 4 aromatic rings. The number of hydrogen-bond acceptors (Lipinski definition) is 1. The van der Waals surface area contributed by atoms with Gasteiger partial charge in [-0.3, -0.25) is 0 Å². The lowest BCUT2D eigenvalue weighted by molar-refractivity contribution is 0.414. The second-order valence-corrected chi connectivity index (χ2v) is 11.7. The normalized spacial score (nSPS) is 11.4. The van der Waals surface area contributed by atoms with Gasteiger partial charge in [-0.1, -0.05) is 66.2 Å². The van der Waals surface area contributed by atoms with Crippen LogP contribution in [0.4, 0.5) is 0 Å². The highest BCUT2D eigenvalue weighted by Gasteiger charge is 2.46. The van der Waals surface area contributed by atoms with Crippen LogP contribution in [0.1, 0.15) is 16.7 Å². The summed E-state index contributed by atoms with van der Waals surface area (Å²) in [6, 6.07) is 34.9. The number of benzene rings is 4. The van der Waals surface area contributed by atoms with Crippen molar-refractivity contribution in [3.8, 4) is 5.75 Å². The van der Waals surface area contributed by atoms with E-state index in [2.05, 4.69) is 111 Å². The summed E-state index contributed by atoms with van der Waals surface area (Å²) >= 11 is 6.72. The summed E-state index contributed by atoms with van der Waals surface area (Å²) in [5, 5.41) is 4.82. The van der Waals surface area contributed by atoms with Crippen LogP contribution in [-0.4, -0.2) is 7.11 Å². The summed E-state index contributed by atoms with van der Waals surface area (Å²) in [5.74, 6) is 0.739. The molecule has 0 amide bonds. The molecule has 4 aromatic carbocycles. The summed E-state index contributed by atoms with van der Waals surface area (Å²) in [6.45, 7) is 4.28. The minimum atomic E-state index is -1.97. The van der Waals surface area contributed by atoms with Crippen molar-refractivity contribution in [2.24, 2.45) is 0 Å². The molecule has 3 heteroatoms. The Hall–Kier alpha value is -2.60. The molecular formula is C28H27ClOP+. The maximum Gasteiger partial charge on any atom is 0.138 e. The highest BCUT2D eigenvalue weighted by Crippen LogP contribution is 2.59. The van der Waals surface area contributed by atoms with E-state index in [0.717, 1.165) is 17.5 Å². The van der Waals surface area contributed by atoms with Crippen molar-refractivity contribution in [1.29, 1.82) is 0 Å². The largest absolute Gasteiger partial charge is 0.495 e. The van der Waals surface area contributed by atoms with Gasteiger partial charge in [-0.15, -0.1) is 0 Å². The van der Waals surface area contributed by atoms with Crippen molar-refractivity contribution in [3.63, 3.8) is 0 Å². The van der Waals surface area contributed by atoms with Crippen LogP contribution in [0.15, 0.2) is 97.1 Å². The number of hydrogen-bond donors (Lipinski definition) is 0. The van der Waals surface area contributed by atoms with E-state index in [0.29, 0.717) is 5.02 Å². The van der Waals surface area contributed by atoms with Crippen LogP contribution >= 0.6 is 18.9 Å². The molecule has 0 bridgehead atoms. The molecule has 0 spiro atoms. The topological polar surface area (TPSA) is 9.23 Å². The predicted molar refractivity (Wildman–Crippen MR) is 136 cm³/mol. The second kappa shape index (κ2) is 9.27. The Morgan fingerprint density at radius 1 is 0.710 bits per heavy atom. The number of ether oxygens (including phenoxy) is 1. The molecule has 0 aliphatic heterocycles. The van der Waals surface area contributed by atoms with Gasteiger partial charge in [-0.25, -0.2) is 0 Å². The monoisotopic (exact) mass is 445 g/mol. The van der Waals surface area contributed by atoms with E-state index in [-0.39, 0.29) is 0 Å². The predicted octanol–water partition coefficient (Wildman–Crippen LogP) is 6.46. The third-order valence-corrected chi connectivity index (χ3v) is 10.8. The Labute approximate surface area is 191 Å². The van der Waals surface area contributed by atoms with Gasteiger partial charge in [0.25, 0.3) is 0 Å². The summed E-state index contributed by atoms with van der Waals surface area (Å²) in [7, 11) is -0.296. The third-order valence-electron chi connectivity index (χ3n) is 6.03. The average Bonchev–Trinajstić information content (AvgIpc) is 2.83. The zero-order valence-corrected chi connectivity index (χ0v) is 19.8. The lowest BCUT2D eigenvalue weighted by atomic mass is 10.0. The molecule has 0 aliphatic rings. The van der Waals surface area contributed by atoms with E-state index in [1.54, 1.807) is 7.11 Å². The molecule has 0 saturated carbocycles. The van der Waals surface area contributed by atoms with Crippen molar-refractivity contribution < 1.29 is 4.74 Å². The van der Waals surface area contributed by atoms with Crippen LogP contribution in [0.3, 0.4) is 0 Å². The molecule has 0 heterocycles. The Bertz CT molecular complexity index is 1060. The molecule has 0 N–H and O–H groups in total. The maximum atomic E-state index is 6.72. The Morgan fingerprint density at radius 2 is 1.13 bits per heavy atom. The van der Waals surface area contributed by atoms with Crippen molar-refractivity contribution in [2.45, 2.75) is 20.0 Å². The zero-order valence-electron chi connectivity index (χ0n) is 18.2. The van der Waals surface area contributed by atoms with Crippen LogP contribution in [0.5, 0.6) is 5.75 Å². The van der Waals surface area contributed by atoms with Crippen LogP contribution in [0.25, 0.3) is 0 Å². The van der Waals surface area contributed by atoms with Crippen molar-refractivity contribution in [3.05, 3.63) is 119 Å². The molecule has 4 rings (SSSR count). The molecule has 0 atom stereocenters. The van der Waals surface area contributed by atoms with Gasteiger partial charge in [0, 0.05) is 0 Å². The van der Waals surface area contributed by atoms with Crippen molar-refractivity contribution in [1.82, 2.24) is 0 Å². The molecule has 0 aliphatic carbocycles. The molecule has 0 aromatic heterocycles. The van der Waals surface area contributed by atoms with Gasteiger partial charge in [-0.05, 0) is 73.0 Å². The van der Waals surface area contributed by atoms with E-state index in [9.17, 15) is 0 Å². The third kappa shape index (κ3) is 4.01. The van der Waals surface area contributed by atoms with Gasteiger partial charge in [-0.2, -0.15) is 0 Å². The average molecular weight is 446 g/mol. The molecule has 0 saturated heterocycles. The fraction of sp³-hybridized carbons (Fsp3) is 0.143. The van der Waals surface area contributed by atoms with Crippen LogP contribution in [0.2, 0.25) is 5.02 Å². The first-order chi connectivity index (χ1) is 15.1. The SMILES string of the molecule is COc1cc(C)c(C[P+](c2ccccc2)(c2ccccc2)c2ccccc2)c(C)c1Cl. The molecule has 156 valence electrons. The summed E-state index contributed by atoms with van der Waals surface area (Å²) in [4.78, 5) is 0. The van der Waals surface area contributed by atoms with E-state index < -0.39 is 7.26 Å². The summed E-state index contributed by atoms with van der Waals surface area (Å²) < 4.78 is 5.52. The fourth-order valence-corrected chi connectivity index (χ4v) is 9.05. The Kier molecular flexibility index (Phi) is 6.46. The summed E-state index contributed by atoms with van der Waals surface area (Å²) in [6.07, 6.45) is 0.909. The molecule has 0 radical (unpaired) electrons. The minimum Gasteiger partial charge on any atom is -0.495 e. The minimum absolute atomic E-state index is 0.704. The van der Waals surface area contributed by atoms with Crippen molar-refractivity contribution in [2.75, 3.05) is 7.11 Å². The van der Waals surface area contributed by atoms with Crippen LogP contribution < -0.4 is 20.7 Å². The standard InChI is InChI=1S/C28H27ClOP/c1-21-19-27(30-3)28(29)22(2)26(21)20-31(23-13-7-4-8-14-23,24-15-9-5-10-16-24)25-17-11-6-12-18-25/h4-19H,20H2,1-3H3/q+1.